The highest BCUT2D eigenvalue weighted by atomic mass is 15.3. The van der Waals surface area contributed by atoms with E-state index in [0.717, 1.165) is 94.3 Å². The molecule has 5 aromatic heterocycles. The predicted octanol–water partition coefficient (Wildman–Crippen LogP) is 13.6. The predicted molar refractivity (Wildman–Crippen MR) is 326 cm³/mol. The van der Waals surface area contributed by atoms with Crippen molar-refractivity contribution in [2.45, 2.75) is 25.3 Å². The minimum atomic E-state index is -0.204. The molecule has 0 radical (unpaired) electrons. The monoisotopic (exact) mass is 1060 g/mol. The number of hydrogen-bond donors (Lipinski definition) is 0. The molecule has 3 unspecified atom stereocenters. The summed E-state index contributed by atoms with van der Waals surface area (Å²) in [5.74, 6) is 5.03. The minimum Gasteiger partial charge on any atom is -0.300 e. The lowest BCUT2D eigenvalue weighted by Crippen LogP contribution is -2.32. The van der Waals surface area contributed by atoms with Gasteiger partial charge in [0.25, 0.3) is 0 Å². The third-order valence-electron chi connectivity index (χ3n) is 15.9. The summed E-state index contributed by atoms with van der Waals surface area (Å²) in [6.45, 7) is 2.27. The molecule has 13 aromatic rings. The van der Waals surface area contributed by atoms with Crippen molar-refractivity contribution in [2.24, 2.45) is 5.92 Å². The van der Waals surface area contributed by atoms with Crippen LogP contribution in [0.4, 0.5) is 11.6 Å². The van der Waals surface area contributed by atoms with Crippen LogP contribution < -0.4 is 15.5 Å². The number of allylic oxidation sites excluding steroid dienone is 2. The van der Waals surface area contributed by atoms with Crippen molar-refractivity contribution in [3.05, 3.63) is 247 Å². The highest BCUT2D eigenvalue weighted by Crippen LogP contribution is 2.53. The first-order chi connectivity index (χ1) is 40.6. The van der Waals surface area contributed by atoms with Gasteiger partial charge in [-0.1, -0.05) is 250 Å². The van der Waals surface area contributed by atoms with Crippen molar-refractivity contribution >= 4 is 56.5 Å². The molecule has 3 atom stereocenters. The van der Waals surface area contributed by atoms with E-state index in [4.69, 9.17) is 44.9 Å². The third-order valence-corrected chi connectivity index (χ3v) is 15.9. The third kappa shape index (κ3) is 7.78. The summed E-state index contributed by atoms with van der Waals surface area (Å²) < 4.78 is 4.54. The van der Waals surface area contributed by atoms with Gasteiger partial charge in [0.15, 0.2) is 34.9 Å². The fourth-order valence-electron chi connectivity index (χ4n) is 12.2. The number of aromatic nitrogens is 11. The smallest absolute Gasteiger partial charge is 0.238 e. The maximum Gasteiger partial charge on any atom is 0.238 e. The van der Waals surface area contributed by atoms with Crippen LogP contribution in [0.25, 0.3) is 125 Å². The van der Waals surface area contributed by atoms with Gasteiger partial charge in [-0.2, -0.15) is 29.9 Å². The molecule has 8 aromatic carbocycles. The van der Waals surface area contributed by atoms with E-state index >= 15 is 0 Å². The number of nitrogens with zero attached hydrogens (tertiary/aromatic N) is 12. The molecule has 0 saturated carbocycles. The van der Waals surface area contributed by atoms with Crippen LogP contribution in [0, 0.1) is 5.92 Å². The molecule has 0 N–H and O–H groups in total. The van der Waals surface area contributed by atoms with Crippen LogP contribution in [0.1, 0.15) is 24.8 Å². The molecule has 1 aliphatic heterocycles. The molecule has 12 nitrogen and oxygen atoms in total. The van der Waals surface area contributed by atoms with Crippen LogP contribution in [0.15, 0.2) is 231 Å². The van der Waals surface area contributed by atoms with Crippen LogP contribution in [-0.2, 0) is 0 Å². The van der Waals surface area contributed by atoms with E-state index in [1.807, 2.05) is 109 Å². The van der Waals surface area contributed by atoms with E-state index in [0.29, 0.717) is 52.8 Å². The maximum atomic E-state index is 5.59. The number of benzene rings is 8. The van der Waals surface area contributed by atoms with E-state index in [1.165, 1.54) is 0 Å². The molecule has 0 spiro atoms. The summed E-state index contributed by atoms with van der Waals surface area (Å²) >= 11 is 0. The highest BCUT2D eigenvalue weighted by Gasteiger charge is 2.42. The van der Waals surface area contributed by atoms with Crippen molar-refractivity contribution < 1.29 is 0 Å². The lowest BCUT2D eigenvalue weighted by atomic mass is 9.91. The van der Waals surface area contributed by atoms with Gasteiger partial charge >= 0.3 is 0 Å². The molecular weight excluding hydrogens is 1010 g/mol. The fourth-order valence-corrected chi connectivity index (χ4v) is 12.2. The normalized spacial score (nSPS) is 16.0. The Morgan fingerprint density at radius 1 is 0.366 bits per heavy atom. The van der Waals surface area contributed by atoms with Crippen LogP contribution in [-0.4, -0.2) is 60.0 Å². The van der Waals surface area contributed by atoms with Crippen molar-refractivity contribution in [2.75, 3.05) is 4.90 Å². The quantitative estimate of drug-likeness (QED) is 0.138. The summed E-state index contributed by atoms with van der Waals surface area (Å²) in [7, 11) is 0. The maximum absolute atomic E-state index is 5.59. The molecule has 0 amide bonds. The zero-order valence-electron chi connectivity index (χ0n) is 44.4. The lowest BCUT2D eigenvalue weighted by molar-refractivity contribution is 0.728. The standard InChI is InChI=1S/C70H48N12/c1-43-36-41-57-55(42-43)54-40-39-53-52-38-37-51-50-34-20-21-35-56(50)80(68-74-62(44-22-8-2-9-23-44)71-63(75-68)45-24-10-3-11-25-45)58(51)60(52)82(70-78-66(48-30-16-6-17-31-48)73-67(79-70)49-32-18-7-19-33-49)61(53)59(54)81(57)69-76-64(46-26-12-4-13-27-46)72-65(77-69)47-28-14-5-15-29-47/h2-35,37-43,50,56H,36H2,1H3. The first kappa shape index (κ1) is 47.2. The highest BCUT2D eigenvalue weighted by molar-refractivity contribution is 6.21. The van der Waals surface area contributed by atoms with Crippen molar-refractivity contribution in [3.8, 4) is 80.2 Å². The Morgan fingerprint density at radius 2 is 0.744 bits per heavy atom. The van der Waals surface area contributed by atoms with Gasteiger partial charge in [0, 0.05) is 60.7 Å². The number of fused-ring (bicyclic) bond motifs is 11. The fraction of sp³-hybridized carbons (Fsp3) is 0.0714. The number of hydrogen-bond acceptors (Lipinski definition) is 10. The molecule has 0 fully saturated rings. The van der Waals surface area contributed by atoms with Gasteiger partial charge < -0.3 is 4.90 Å². The molecule has 12 heteroatoms. The molecule has 0 bridgehead atoms. The first-order valence-corrected chi connectivity index (χ1v) is 27.7. The molecule has 2 aliphatic carbocycles. The minimum absolute atomic E-state index is 0.0639. The van der Waals surface area contributed by atoms with E-state index in [2.05, 4.69) is 154 Å². The molecule has 82 heavy (non-hydrogen) atoms. The Hall–Kier alpha value is -10.9. The molecule has 16 rings (SSSR count). The second-order valence-electron chi connectivity index (χ2n) is 21.0. The average molecular weight is 1060 g/mol. The molecule has 3 aliphatic rings. The zero-order valence-corrected chi connectivity index (χ0v) is 44.4. The van der Waals surface area contributed by atoms with Crippen LogP contribution >= 0.6 is 0 Å². The largest absolute Gasteiger partial charge is 0.300 e. The van der Waals surface area contributed by atoms with Gasteiger partial charge in [-0.15, -0.1) is 0 Å². The van der Waals surface area contributed by atoms with Crippen molar-refractivity contribution in [3.63, 3.8) is 0 Å². The van der Waals surface area contributed by atoms with Crippen LogP contribution in [0.2, 0.25) is 0 Å². The Bertz CT molecular complexity index is 4680. The zero-order chi connectivity index (χ0) is 54.3. The van der Waals surface area contributed by atoms with Crippen molar-refractivity contribution in [1.82, 2.24) is 54.0 Å². The van der Waals surface area contributed by atoms with Gasteiger partial charge in [0.1, 0.15) is 0 Å². The second-order valence-corrected chi connectivity index (χ2v) is 21.0. The second kappa shape index (κ2) is 19.2. The molecule has 0 saturated heterocycles. The molecular formula is C70H48N12. The first-order valence-electron chi connectivity index (χ1n) is 27.7. The van der Waals surface area contributed by atoms with E-state index in [9.17, 15) is 0 Å². The Balaban J connectivity index is 1.08. The lowest BCUT2D eigenvalue weighted by Gasteiger charge is -2.27. The van der Waals surface area contributed by atoms with Gasteiger partial charge in [-0.05, 0) is 17.9 Å². The van der Waals surface area contributed by atoms with E-state index in [1.54, 1.807) is 0 Å². The summed E-state index contributed by atoms with van der Waals surface area (Å²) in [5.41, 5.74) is 9.98. The SMILES string of the molecule is CC1C=c2c(n(-c3nc(-c4ccccc4)nc(-c4ccccc4)n3)c3c2ccc2c4ccc5c(c4n(-c4nc(-c6ccccc6)nc(-c6ccccc6)n4)c23)N(c2nc(-c3ccccc3)nc(-c3ccccc3)n2)C2C=CC=CC52)=CC1. The van der Waals surface area contributed by atoms with Gasteiger partial charge in [0.05, 0.1) is 33.6 Å². The number of rotatable bonds is 9. The Kier molecular flexibility index (Phi) is 11.1. The van der Waals surface area contributed by atoms with E-state index in [-0.39, 0.29) is 17.9 Å². The summed E-state index contributed by atoms with van der Waals surface area (Å²) in [5, 5.41) is 5.15. The Morgan fingerprint density at radius 3 is 1.21 bits per heavy atom. The van der Waals surface area contributed by atoms with E-state index < -0.39 is 0 Å². The topological polar surface area (TPSA) is 129 Å². The van der Waals surface area contributed by atoms with Crippen LogP contribution in [0.3, 0.4) is 0 Å². The molecule has 388 valence electrons. The van der Waals surface area contributed by atoms with Gasteiger partial charge in [-0.25, -0.2) is 15.0 Å². The number of anilines is 2. The van der Waals surface area contributed by atoms with Crippen molar-refractivity contribution in [1.29, 1.82) is 0 Å². The average Bonchev–Trinajstić information content (AvgIpc) is 3.36. The summed E-state index contributed by atoms with van der Waals surface area (Å²) in [4.78, 5) is 50.9. The Labute approximate surface area is 471 Å². The van der Waals surface area contributed by atoms with Crippen LogP contribution in [0.5, 0.6) is 0 Å². The summed E-state index contributed by atoms with van der Waals surface area (Å²) in [6, 6.07) is 69.9. The molecule has 6 heterocycles. The summed E-state index contributed by atoms with van der Waals surface area (Å²) in [6.07, 6.45) is 14.4. The van der Waals surface area contributed by atoms with Gasteiger partial charge in [0.2, 0.25) is 17.8 Å². The van der Waals surface area contributed by atoms with Gasteiger partial charge in [-0.3, -0.25) is 9.13 Å².